The zero-order valence-electron chi connectivity index (χ0n) is 10.3. The van der Waals surface area contributed by atoms with E-state index in [1.165, 1.54) is 6.33 Å². The average Bonchev–Trinajstić information content (AvgIpc) is 2.31. The van der Waals surface area contributed by atoms with Crippen LogP contribution in [0.25, 0.3) is 0 Å². The summed E-state index contributed by atoms with van der Waals surface area (Å²) in [4.78, 5) is 7.87. The van der Waals surface area contributed by atoms with Gasteiger partial charge in [-0.15, -0.1) is 11.6 Å². The molecule has 0 saturated heterocycles. The Balaban J connectivity index is 2.15. The van der Waals surface area contributed by atoms with Crippen LogP contribution in [0.5, 0.6) is 0 Å². The van der Waals surface area contributed by atoms with Gasteiger partial charge in [-0.1, -0.05) is 20.8 Å². The number of aromatic nitrogens is 2. The van der Waals surface area contributed by atoms with Gasteiger partial charge >= 0.3 is 0 Å². The van der Waals surface area contributed by atoms with E-state index in [0.717, 1.165) is 6.42 Å². The quantitative estimate of drug-likeness (QED) is 0.846. The van der Waals surface area contributed by atoms with Gasteiger partial charge in [-0.25, -0.2) is 14.4 Å². The summed E-state index contributed by atoms with van der Waals surface area (Å²) in [6, 6.07) is 0.166. The minimum absolute atomic E-state index is 0.0364. The van der Waals surface area contributed by atoms with E-state index in [-0.39, 0.29) is 22.7 Å². The van der Waals surface area contributed by atoms with E-state index < -0.39 is 0 Å². The molecule has 0 bridgehead atoms. The molecule has 1 N–H and O–H groups in total. The summed E-state index contributed by atoms with van der Waals surface area (Å²) in [6.07, 6.45) is 2.79. The van der Waals surface area contributed by atoms with Crippen molar-refractivity contribution in [2.24, 2.45) is 5.41 Å². The first-order valence-corrected chi connectivity index (χ1v) is 6.30. The van der Waals surface area contributed by atoms with Crippen LogP contribution >= 0.6 is 11.6 Å². The van der Waals surface area contributed by atoms with Crippen molar-refractivity contribution in [1.29, 1.82) is 0 Å². The Morgan fingerprint density at radius 2 is 2.24 bits per heavy atom. The first-order valence-electron chi connectivity index (χ1n) is 5.86. The molecule has 2 unspecified atom stereocenters. The summed E-state index contributed by atoms with van der Waals surface area (Å²) in [6.45, 7) is 6.02. The van der Waals surface area contributed by atoms with Crippen LogP contribution in [-0.4, -0.2) is 21.4 Å². The lowest BCUT2D eigenvalue weighted by Gasteiger charge is -2.49. The predicted molar refractivity (Wildman–Crippen MR) is 66.8 cm³/mol. The Morgan fingerprint density at radius 3 is 2.76 bits per heavy atom. The lowest BCUT2D eigenvalue weighted by atomic mass is 9.67. The second-order valence-electron chi connectivity index (χ2n) is 5.06. The maximum atomic E-state index is 13.9. The molecule has 5 heteroatoms. The predicted octanol–water partition coefficient (Wildman–Crippen LogP) is 3.00. The number of hydrogen-bond donors (Lipinski definition) is 1. The topological polar surface area (TPSA) is 37.8 Å². The van der Waals surface area contributed by atoms with Crippen molar-refractivity contribution in [2.75, 3.05) is 5.32 Å². The second-order valence-corrected chi connectivity index (χ2v) is 5.58. The molecular weight excluding hydrogens is 241 g/mol. The van der Waals surface area contributed by atoms with E-state index in [4.69, 9.17) is 11.6 Å². The van der Waals surface area contributed by atoms with E-state index in [9.17, 15) is 4.39 Å². The third-order valence-electron chi connectivity index (χ3n) is 3.66. The molecular formula is C12H17ClFN3. The summed E-state index contributed by atoms with van der Waals surface area (Å²) in [5, 5.41) is 3.27. The number of alkyl halides is 1. The van der Waals surface area contributed by atoms with Crippen molar-refractivity contribution in [1.82, 2.24) is 9.97 Å². The highest BCUT2D eigenvalue weighted by Gasteiger charge is 2.47. The van der Waals surface area contributed by atoms with E-state index in [0.29, 0.717) is 17.9 Å². The standard InChI is InChI=1S/C12H17ClFN3/c1-4-7-10(14)11(16-6-15-7)17-9-5-8(13)12(9,2)3/h6,8-9H,4-5H2,1-3H3,(H,15,16,17). The Hall–Kier alpha value is -0.900. The van der Waals surface area contributed by atoms with Crippen LogP contribution in [0.1, 0.15) is 32.9 Å². The molecule has 0 spiro atoms. The van der Waals surface area contributed by atoms with Crippen LogP contribution in [0.4, 0.5) is 10.2 Å². The summed E-state index contributed by atoms with van der Waals surface area (Å²) in [5.74, 6) is -0.0534. The van der Waals surface area contributed by atoms with E-state index in [1.54, 1.807) is 0 Å². The van der Waals surface area contributed by atoms with Gasteiger partial charge in [-0.05, 0) is 12.8 Å². The minimum atomic E-state index is -0.344. The molecule has 94 valence electrons. The monoisotopic (exact) mass is 257 g/mol. The Kier molecular flexibility index (Phi) is 3.25. The van der Waals surface area contributed by atoms with Crippen molar-refractivity contribution in [3.05, 3.63) is 17.8 Å². The first-order chi connectivity index (χ1) is 7.96. The largest absolute Gasteiger partial charge is 0.364 e. The van der Waals surface area contributed by atoms with Gasteiger partial charge in [0.15, 0.2) is 11.6 Å². The molecule has 1 saturated carbocycles. The second kappa shape index (κ2) is 4.41. The lowest BCUT2D eigenvalue weighted by molar-refractivity contribution is 0.167. The van der Waals surface area contributed by atoms with Gasteiger partial charge in [-0.2, -0.15) is 0 Å². The highest BCUT2D eigenvalue weighted by atomic mass is 35.5. The number of rotatable bonds is 3. The molecule has 1 aromatic heterocycles. The third-order valence-corrected chi connectivity index (χ3v) is 4.40. The minimum Gasteiger partial charge on any atom is -0.364 e. The van der Waals surface area contributed by atoms with Gasteiger partial charge in [0, 0.05) is 16.8 Å². The fourth-order valence-electron chi connectivity index (χ4n) is 2.04. The number of hydrogen-bond acceptors (Lipinski definition) is 3. The number of nitrogens with one attached hydrogen (secondary N) is 1. The maximum Gasteiger partial charge on any atom is 0.186 e. The fraction of sp³-hybridized carbons (Fsp3) is 0.667. The van der Waals surface area contributed by atoms with Crippen LogP contribution in [0.15, 0.2) is 6.33 Å². The van der Waals surface area contributed by atoms with Crippen molar-refractivity contribution in [2.45, 2.75) is 45.0 Å². The maximum absolute atomic E-state index is 13.9. The molecule has 0 amide bonds. The zero-order valence-corrected chi connectivity index (χ0v) is 11.1. The van der Waals surface area contributed by atoms with Crippen LogP contribution in [0, 0.1) is 11.2 Å². The first kappa shape index (κ1) is 12.6. The summed E-state index contributed by atoms with van der Waals surface area (Å²) in [5.41, 5.74) is 0.410. The molecule has 1 fully saturated rings. The molecule has 0 aliphatic heterocycles. The van der Waals surface area contributed by atoms with Crippen molar-refractivity contribution >= 4 is 17.4 Å². The number of anilines is 1. The Labute approximate surface area is 106 Å². The van der Waals surface area contributed by atoms with Crippen LogP contribution < -0.4 is 5.32 Å². The summed E-state index contributed by atoms with van der Waals surface area (Å²) < 4.78 is 13.9. The molecule has 0 radical (unpaired) electrons. The molecule has 1 heterocycles. The summed E-state index contributed by atoms with van der Waals surface area (Å²) in [7, 11) is 0. The molecule has 1 aliphatic carbocycles. The van der Waals surface area contributed by atoms with Crippen molar-refractivity contribution < 1.29 is 4.39 Å². The van der Waals surface area contributed by atoms with Crippen LogP contribution in [-0.2, 0) is 6.42 Å². The molecule has 17 heavy (non-hydrogen) atoms. The zero-order chi connectivity index (χ0) is 12.6. The number of halogens is 2. The van der Waals surface area contributed by atoms with Gasteiger partial charge in [0.2, 0.25) is 0 Å². The Morgan fingerprint density at radius 1 is 1.53 bits per heavy atom. The number of aryl methyl sites for hydroxylation is 1. The van der Waals surface area contributed by atoms with Gasteiger partial charge in [-0.3, -0.25) is 0 Å². The van der Waals surface area contributed by atoms with E-state index in [2.05, 4.69) is 29.1 Å². The van der Waals surface area contributed by atoms with Gasteiger partial charge in [0.05, 0.1) is 5.69 Å². The van der Waals surface area contributed by atoms with Crippen molar-refractivity contribution in [3.8, 4) is 0 Å². The van der Waals surface area contributed by atoms with Gasteiger partial charge < -0.3 is 5.32 Å². The smallest absolute Gasteiger partial charge is 0.186 e. The van der Waals surface area contributed by atoms with Gasteiger partial charge in [0.25, 0.3) is 0 Å². The molecule has 0 aromatic carbocycles. The molecule has 2 rings (SSSR count). The van der Waals surface area contributed by atoms with E-state index >= 15 is 0 Å². The fourth-order valence-corrected chi connectivity index (χ4v) is 2.37. The Bertz CT molecular complexity index is 422. The molecule has 1 aliphatic rings. The highest BCUT2D eigenvalue weighted by Crippen LogP contribution is 2.45. The van der Waals surface area contributed by atoms with Crippen LogP contribution in [0.2, 0.25) is 0 Å². The normalized spacial score (nSPS) is 26.4. The highest BCUT2D eigenvalue weighted by molar-refractivity contribution is 6.21. The van der Waals surface area contributed by atoms with Crippen molar-refractivity contribution in [3.63, 3.8) is 0 Å². The van der Waals surface area contributed by atoms with Gasteiger partial charge in [0.1, 0.15) is 6.33 Å². The molecule has 1 aromatic rings. The van der Waals surface area contributed by atoms with E-state index in [1.807, 2.05) is 6.92 Å². The van der Waals surface area contributed by atoms with Crippen LogP contribution in [0.3, 0.4) is 0 Å². The lowest BCUT2D eigenvalue weighted by Crippen LogP contribution is -2.54. The molecule has 3 nitrogen and oxygen atoms in total. The summed E-state index contributed by atoms with van der Waals surface area (Å²) >= 11 is 6.13. The third kappa shape index (κ3) is 2.10. The SMILES string of the molecule is CCc1ncnc(NC2CC(Cl)C2(C)C)c1F. The average molecular weight is 258 g/mol. The molecule has 2 atom stereocenters. The number of nitrogens with zero attached hydrogens (tertiary/aromatic N) is 2.